The topological polar surface area (TPSA) is 37.8 Å². The highest BCUT2D eigenvalue weighted by atomic mass is 14.9. The zero-order valence-electron chi connectivity index (χ0n) is 10.9. The summed E-state index contributed by atoms with van der Waals surface area (Å²) in [5.74, 6) is 0.870. The maximum absolute atomic E-state index is 4.40. The van der Waals surface area contributed by atoms with E-state index in [-0.39, 0.29) is 0 Å². The average molecular weight is 241 g/mol. The van der Waals surface area contributed by atoms with E-state index in [1.165, 1.54) is 5.56 Å². The fourth-order valence-electron chi connectivity index (χ4n) is 1.66. The Balaban J connectivity index is 1.95. The van der Waals surface area contributed by atoms with Crippen molar-refractivity contribution in [1.82, 2.24) is 15.3 Å². The first-order valence-electron chi connectivity index (χ1n) is 6.31. The predicted octanol–water partition coefficient (Wildman–Crippen LogP) is 2.57. The highest BCUT2D eigenvalue weighted by Gasteiger charge is 2.00. The van der Waals surface area contributed by atoms with Gasteiger partial charge in [-0.1, -0.05) is 44.2 Å². The molecule has 2 rings (SSSR count). The zero-order valence-corrected chi connectivity index (χ0v) is 10.9. The maximum atomic E-state index is 4.40. The summed E-state index contributed by atoms with van der Waals surface area (Å²) in [5, 5.41) is 3.35. The van der Waals surface area contributed by atoms with Gasteiger partial charge in [-0.3, -0.25) is 0 Å². The van der Waals surface area contributed by atoms with Gasteiger partial charge in [-0.05, 0) is 5.56 Å². The Bertz CT molecular complexity index is 463. The number of hydrogen-bond donors (Lipinski definition) is 1. The molecule has 0 aliphatic heterocycles. The molecule has 2 aromatic rings. The van der Waals surface area contributed by atoms with Crippen molar-refractivity contribution in [1.29, 1.82) is 0 Å². The molecule has 0 spiro atoms. The minimum atomic E-state index is 0.481. The second-order valence-electron chi connectivity index (χ2n) is 4.71. The molecule has 0 amide bonds. The van der Waals surface area contributed by atoms with Gasteiger partial charge in [0.25, 0.3) is 0 Å². The van der Waals surface area contributed by atoms with Gasteiger partial charge in [-0.25, -0.2) is 9.97 Å². The Hall–Kier alpha value is -1.74. The fraction of sp³-hybridized carbons (Fsp3) is 0.333. The molecule has 0 saturated carbocycles. The Morgan fingerprint density at radius 3 is 2.28 bits per heavy atom. The van der Waals surface area contributed by atoms with Crippen LogP contribution >= 0.6 is 0 Å². The van der Waals surface area contributed by atoms with Crippen LogP contribution < -0.4 is 5.32 Å². The van der Waals surface area contributed by atoms with Gasteiger partial charge in [0, 0.05) is 37.0 Å². The molecular weight excluding hydrogens is 222 g/mol. The van der Waals surface area contributed by atoms with Crippen molar-refractivity contribution in [3.8, 4) is 0 Å². The van der Waals surface area contributed by atoms with Crippen LogP contribution in [0, 0.1) is 0 Å². The molecule has 0 fully saturated rings. The highest BCUT2D eigenvalue weighted by Crippen LogP contribution is 2.05. The van der Waals surface area contributed by atoms with Gasteiger partial charge in [0.15, 0.2) is 0 Å². The summed E-state index contributed by atoms with van der Waals surface area (Å²) in [6.07, 6.45) is 4.60. The number of rotatable bonds is 5. The van der Waals surface area contributed by atoms with Crippen LogP contribution in [0.4, 0.5) is 0 Å². The van der Waals surface area contributed by atoms with E-state index in [4.69, 9.17) is 0 Å². The Kier molecular flexibility index (Phi) is 4.42. The first-order chi connectivity index (χ1) is 8.74. The summed E-state index contributed by atoms with van der Waals surface area (Å²) in [5.41, 5.74) is 2.37. The van der Waals surface area contributed by atoms with Gasteiger partial charge in [-0.2, -0.15) is 0 Å². The van der Waals surface area contributed by atoms with E-state index in [9.17, 15) is 0 Å². The summed E-state index contributed by atoms with van der Waals surface area (Å²) >= 11 is 0. The molecule has 0 aliphatic rings. The molecule has 1 aromatic carbocycles. The Labute approximate surface area is 108 Å². The van der Waals surface area contributed by atoms with Crippen LogP contribution in [-0.2, 0) is 13.0 Å². The molecular formula is C15H19N3. The molecule has 94 valence electrons. The van der Waals surface area contributed by atoms with E-state index in [0.29, 0.717) is 6.04 Å². The van der Waals surface area contributed by atoms with Crippen molar-refractivity contribution in [3.63, 3.8) is 0 Å². The lowest BCUT2D eigenvalue weighted by Gasteiger charge is -2.07. The molecule has 0 atom stereocenters. The molecule has 0 saturated heterocycles. The van der Waals surface area contributed by atoms with Gasteiger partial charge in [0.05, 0.1) is 0 Å². The SMILES string of the molecule is CC(C)NCc1cnc(Cc2ccccc2)nc1. The van der Waals surface area contributed by atoms with Gasteiger partial charge in [0.2, 0.25) is 0 Å². The molecule has 1 heterocycles. The number of nitrogens with one attached hydrogen (secondary N) is 1. The van der Waals surface area contributed by atoms with Crippen molar-refractivity contribution in [2.24, 2.45) is 0 Å². The summed E-state index contributed by atoms with van der Waals surface area (Å²) in [4.78, 5) is 8.80. The molecule has 0 aliphatic carbocycles. The second-order valence-corrected chi connectivity index (χ2v) is 4.71. The molecule has 18 heavy (non-hydrogen) atoms. The molecule has 0 bridgehead atoms. The molecule has 0 unspecified atom stereocenters. The van der Waals surface area contributed by atoms with Crippen molar-refractivity contribution in [2.75, 3.05) is 0 Å². The third kappa shape index (κ3) is 3.93. The standard InChI is InChI=1S/C15H19N3/c1-12(2)16-9-14-10-17-15(18-11-14)8-13-6-4-3-5-7-13/h3-7,10-12,16H,8-9H2,1-2H3. The molecule has 0 radical (unpaired) electrons. The van der Waals surface area contributed by atoms with Crippen LogP contribution in [0.2, 0.25) is 0 Å². The minimum Gasteiger partial charge on any atom is -0.310 e. The molecule has 1 N–H and O–H groups in total. The third-order valence-corrected chi connectivity index (χ3v) is 2.68. The van der Waals surface area contributed by atoms with E-state index in [1.54, 1.807) is 0 Å². The highest BCUT2D eigenvalue weighted by molar-refractivity contribution is 5.19. The lowest BCUT2D eigenvalue weighted by atomic mass is 10.1. The van der Waals surface area contributed by atoms with Crippen molar-refractivity contribution in [2.45, 2.75) is 32.9 Å². The minimum absolute atomic E-state index is 0.481. The summed E-state index contributed by atoms with van der Waals surface area (Å²) < 4.78 is 0. The van der Waals surface area contributed by atoms with Gasteiger partial charge in [-0.15, -0.1) is 0 Å². The van der Waals surface area contributed by atoms with E-state index < -0.39 is 0 Å². The first-order valence-corrected chi connectivity index (χ1v) is 6.31. The monoisotopic (exact) mass is 241 g/mol. The van der Waals surface area contributed by atoms with E-state index in [0.717, 1.165) is 24.4 Å². The predicted molar refractivity (Wildman–Crippen MR) is 73.3 cm³/mol. The Morgan fingerprint density at radius 2 is 1.67 bits per heavy atom. The number of benzene rings is 1. The quantitative estimate of drug-likeness (QED) is 0.874. The third-order valence-electron chi connectivity index (χ3n) is 2.68. The largest absolute Gasteiger partial charge is 0.310 e. The summed E-state index contributed by atoms with van der Waals surface area (Å²) in [6, 6.07) is 10.8. The van der Waals surface area contributed by atoms with Crippen LogP contribution in [0.5, 0.6) is 0 Å². The van der Waals surface area contributed by atoms with Crippen molar-refractivity contribution in [3.05, 3.63) is 59.7 Å². The number of nitrogens with zero attached hydrogens (tertiary/aromatic N) is 2. The van der Waals surface area contributed by atoms with E-state index >= 15 is 0 Å². The smallest absolute Gasteiger partial charge is 0.132 e. The molecule has 3 nitrogen and oxygen atoms in total. The Morgan fingerprint density at radius 1 is 1.00 bits per heavy atom. The van der Waals surface area contributed by atoms with Crippen LogP contribution in [-0.4, -0.2) is 16.0 Å². The summed E-state index contributed by atoms with van der Waals surface area (Å²) in [7, 11) is 0. The van der Waals surface area contributed by atoms with Crippen molar-refractivity contribution >= 4 is 0 Å². The van der Waals surface area contributed by atoms with Gasteiger partial charge < -0.3 is 5.32 Å². The number of hydrogen-bond acceptors (Lipinski definition) is 3. The lowest BCUT2D eigenvalue weighted by molar-refractivity contribution is 0.586. The first kappa shape index (κ1) is 12.7. The van der Waals surface area contributed by atoms with Crippen LogP contribution in [0.1, 0.15) is 30.8 Å². The normalized spacial score (nSPS) is 10.8. The lowest BCUT2D eigenvalue weighted by Crippen LogP contribution is -2.22. The van der Waals surface area contributed by atoms with Crippen LogP contribution in [0.25, 0.3) is 0 Å². The zero-order chi connectivity index (χ0) is 12.8. The van der Waals surface area contributed by atoms with E-state index in [2.05, 4.69) is 41.3 Å². The molecule has 3 heteroatoms. The van der Waals surface area contributed by atoms with E-state index in [1.807, 2.05) is 30.6 Å². The summed E-state index contributed by atoms with van der Waals surface area (Å²) in [6.45, 7) is 5.08. The van der Waals surface area contributed by atoms with Gasteiger partial charge >= 0.3 is 0 Å². The fourth-order valence-corrected chi connectivity index (χ4v) is 1.66. The van der Waals surface area contributed by atoms with Crippen LogP contribution in [0.3, 0.4) is 0 Å². The van der Waals surface area contributed by atoms with Crippen molar-refractivity contribution < 1.29 is 0 Å². The average Bonchev–Trinajstić information content (AvgIpc) is 2.39. The second kappa shape index (κ2) is 6.26. The maximum Gasteiger partial charge on any atom is 0.132 e. The number of aromatic nitrogens is 2. The van der Waals surface area contributed by atoms with Gasteiger partial charge in [0.1, 0.15) is 5.82 Å². The molecule has 1 aromatic heterocycles. The van der Waals surface area contributed by atoms with Crippen LogP contribution in [0.15, 0.2) is 42.7 Å².